The van der Waals surface area contributed by atoms with Crippen molar-refractivity contribution in [2.75, 3.05) is 13.2 Å². The molecule has 1 aromatic rings. The van der Waals surface area contributed by atoms with Crippen molar-refractivity contribution in [1.29, 1.82) is 0 Å². The zero-order chi connectivity index (χ0) is 12.8. The van der Waals surface area contributed by atoms with Gasteiger partial charge >= 0.3 is 0 Å². The van der Waals surface area contributed by atoms with E-state index >= 15 is 0 Å². The van der Waals surface area contributed by atoms with E-state index in [2.05, 4.69) is 21.8 Å². The zero-order valence-electron chi connectivity index (χ0n) is 11.4. The van der Waals surface area contributed by atoms with Crippen molar-refractivity contribution >= 4 is 0 Å². The van der Waals surface area contributed by atoms with Crippen LogP contribution in [0.2, 0.25) is 0 Å². The summed E-state index contributed by atoms with van der Waals surface area (Å²) in [6, 6.07) is 0.214. The molecular formula is C14H25N3O. The van der Waals surface area contributed by atoms with Gasteiger partial charge in [0.25, 0.3) is 0 Å². The highest BCUT2D eigenvalue weighted by molar-refractivity contribution is 5.16. The lowest BCUT2D eigenvalue weighted by atomic mass is 10.0. The van der Waals surface area contributed by atoms with Gasteiger partial charge in [0.15, 0.2) is 0 Å². The van der Waals surface area contributed by atoms with Gasteiger partial charge in [0.1, 0.15) is 0 Å². The number of imidazole rings is 1. The Morgan fingerprint density at radius 1 is 1.44 bits per heavy atom. The number of nitrogens with zero attached hydrogens (tertiary/aromatic N) is 2. The monoisotopic (exact) mass is 251 g/mol. The standard InChI is InChI=1S/C14H25N3O/c1-2-8-15-12(10-18)7-9-17-11-16-13-5-3-4-6-14(13)17/h11-12,15,18H,2-10H2,1H3. The van der Waals surface area contributed by atoms with Gasteiger partial charge < -0.3 is 15.0 Å². The molecule has 0 amide bonds. The van der Waals surface area contributed by atoms with Gasteiger partial charge in [0, 0.05) is 18.3 Å². The molecule has 0 saturated carbocycles. The summed E-state index contributed by atoms with van der Waals surface area (Å²) in [6.45, 7) is 4.31. The van der Waals surface area contributed by atoms with Crippen LogP contribution >= 0.6 is 0 Å². The van der Waals surface area contributed by atoms with Gasteiger partial charge in [-0.1, -0.05) is 6.92 Å². The Bertz CT molecular complexity index is 362. The molecule has 18 heavy (non-hydrogen) atoms. The lowest BCUT2D eigenvalue weighted by Crippen LogP contribution is -2.34. The number of hydrogen-bond acceptors (Lipinski definition) is 3. The number of aryl methyl sites for hydroxylation is 2. The first kappa shape index (κ1) is 13.6. The van der Waals surface area contributed by atoms with Crippen molar-refractivity contribution < 1.29 is 5.11 Å². The Morgan fingerprint density at radius 3 is 3.06 bits per heavy atom. The minimum atomic E-state index is 0.214. The maximum absolute atomic E-state index is 9.33. The van der Waals surface area contributed by atoms with Crippen molar-refractivity contribution in [2.45, 2.75) is 58.0 Å². The molecule has 1 aromatic heterocycles. The molecule has 4 nitrogen and oxygen atoms in total. The quantitative estimate of drug-likeness (QED) is 0.772. The number of hydrogen-bond donors (Lipinski definition) is 2. The molecule has 0 bridgehead atoms. The molecule has 4 heteroatoms. The second-order valence-corrected chi connectivity index (χ2v) is 5.16. The Hall–Kier alpha value is -0.870. The van der Waals surface area contributed by atoms with Crippen molar-refractivity contribution in [3.05, 3.63) is 17.7 Å². The molecule has 1 heterocycles. The smallest absolute Gasteiger partial charge is 0.0951 e. The van der Waals surface area contributed by atoms with Crippen molar-refractivity contribution in [3.8, 4) is 0 Å². The Morgan fingerprint density at radius 2 is 2.28 bits per heavy atom. The number of rotatable bonds is 7. The van der Waals surface area contributed by atoms with Crippen LogP contribution in [0.3, 0.4) is 0 Å². The molecule has 102 valence electrons. The normalized spacial score (nSPS) is 16.6. The van der Waals surface area contributed by atoms with Gasteiger partial charge in [-0.25, -0.2) is 4.98 Å². The predicted molar refractivity (Wildman–Crippen MR) is 72.7 cm³/mol. The topological polar surface area (TPSA) is 50.1 Å². The van der Waals surface area contributed by atoms with E-state index < -0.39 is 0 Å². The predicted octanol–water partition coefficient (Wildman–Crippen LogP) is 1.51. The van der Waals surface area contributed by atoms with Crippen LogP contribution in [0.15, 0.2) is 6.33 Å². The van der Waals surface area contributed by atoms with Gasteiger partial charge in [0.2, 0.25) is 0 Å². The van der Waals surface area contributed by atoms with E-state index in [1.165, 1.54) is 30.7 Å². The Balaban J connectivity index is 1.87. The number of aliphatic hydroxyl groups is 1. The third-order valence-corrected chi connectivity index (χ3v) is 3.73. The molecule has 0 aromatic carbocycles. The fourth-order valence-electron chi connectivity index (χ4n) is 2.62. The summed E-state index contributed by atoms with van der Waals surface area (Å²) >= 11 is 0. The van der Waals surface area contributed by atoms with Crippen LogP contribution in [0, 0.1) is 0 Å². The van der Waals surface area contributed by atoms with Crippen molar-refractivity contribution in [1.82, 2.24) is 14.9 Å². The minimum Gasteiger partial charge on any atom is -0.395 e. The van der Waals surface area contributed by atoms with Gasteiger partial charge in [-0.3, -0.25) is 0 Å². The Kier molecular flexibility index (Phi) is 5.20. The molecule has 1 unspecified atom stereocenters. The number of aliphatic hydroxyl groups excluding tert-OH is 1. The third-order valence-electron chi connectivity index (χ3n) is 3.73. The van der Waals surface area contributed by atoms with Crippen LogP contribution in [0.1, 0.15) is 44.0 Å². The van der Waals surface area contributed by atoms with Crippen molar-refractivity contribution in [3.63, 3.8) is 0 Å². The summed E-state index contributed by atoms with van der Waals surface area (Å²) in [5, 5.41) is 12.7. The zero-order valence-corrected chi connectivity index (χ0v) is 11.4. The fourth-order valence-corrected chi connectivity index (χ4v) is 2.62. The largest absolute Gasteiger partial charge is 0.395 e. The van der Waals surface area contributed by atoms with E-state index in [9.17, 15) is 5.11 Å². The first-order valence-electron chi connectivity index (χ1n) is 7.22. The van der Waals surface area contributed by atoms with Crippen LogP contribution < -0.4 is 5.32 Å². The average molecular weight is 251 g/mol. The van der Waals surface area contributed by atoms with E-state index in [0.29, 0.717) is 0 Å². The second-order valence-electron chi connectivity index (χ2n) is 5.16. The maximum atomic E-state index is 9.33. The number of fused-ring (bicyclic) bond motifs is 1. The van der Waals surface area contributed by atoms with Crippen LogP contribution in [-0.2, 0) is 19.4 Å². The van der Waals surface area contributed by atoms with E-state index in [4.69, 9.17) is 0 Å². The molecule has 0 fully saturated rings. The summed E-state index contributed by atoms with van der Waals surface area (Å²) < 4.78 is 2.28. The summed E-state index contributed by atoms with van der Waals surface area (Å²) in [4.78, 5) is 4.50. The molecule has 1 aliphatic rings. The molecule has 1 atom stereocenters. The van der Waals surface area contributed by atoms with E-state index in [1.54, 1.807) is 0 Å². The SMILES string of the molecule is CCCNC(CO)CCn1cnc2c1CCCC2. The van der Waals surface area contributed by atoms with Gasteiger partial charge in [-0.05, 0) is 45.1 Å². The van der Waals surface area contributed by atoms with Crippen molar-refractivity contribution in [2.24, 2.45) is 0 Å². The number of nitrogens with one attached hydrogen (secondary N) is 1. The van der Waals surface area contributed by atoms with Gasteiger partial charge in [-0.2, -0.15) is 0 Å². The van der Waals surface area contributed by atoms with Gasteiger partial charge in [-0.15, -0.1) is 0 Å². The highest BCUT2D eigenvalue weighted by atomic mass is 16.3. The van der Waals surface area contributed by atoms with Crippen LogP contribution in [0.5, 0.6) is 0 Å². The number of aromatic nitrogens is 2. The van der Waals surface area contributed by atoms with Crippen LogP contribution in [-0.4, -0.2) is 33.9 Å². The van der Waals surface area contributed by atoms with Crippen LogP contribution in [0.25, 0.3) is 0 Å². The van der Waals surface area contributed by atoms with E-state index in [-0.39, 0.29) is 12.6 Å². The lowest BCUT2D eigenvalue weighted by molar-refractivity contribution is 0.231. The molecule has 2 N–H and O–H groups in total. The van der Waals surface area contributed by atoms with E-state index in [1.807, 2.05) is 6.33 Å². The van der Waals surface area contributed by atoms with E-state index in [0.717, 1.165) is 32.4 Å². The third kappa shape index (κ3) is 3.33. The molecule has 0 saturated heterocycles. The highest BCUT2D eigenvalue weighted by Gasteiger charge is 2.15. The van der Waals surface area contributed by atoms with Gasteiger partial charge in [0.05, 0.1) is 18.6 Å². The minimum absolute atomic E-state index is 0.214. The molecule has 0 radical (unpaired) electrons. The molecule has 0 spiro atoms. The van der Waals surface area contributed by atoms with Crippen LogP contribution in [0.4, 0.5) is 0 Å². The molecule has 2 rings (SSSR count). The maximum Gasteiger partial charge on any atom is 0.0951 e. The fraction of sp³-hybridized carbons (Fsp3) is 0.786. The molecular weight excluding hydrogens is 226 g/mol. The molecule has 0 aliphatic heterocycles. The summed E-state index contributed by atoms with van der Waals surface area (Å²) in [5.41, 5.74) is 2.72. The summed E-state index contributed by atoms with van der Waals surface area (Å²) in [7, 11) is 0. The summed E-state index contributed by atoms with van der Waals surface area (Å²) in [5.74, 6) is 0. The first-order chi connectivity index (χ1) is 8.85. The molecule has 1 aliphatic carbocycles. The highest BCUT2D eigenvalue weighted by Crippen LogP contribution is 2.20. The Labute approximate surface area is 109 Å². The first-order valence-corrected chi connectivity index (χ1v) is 7.22. The second kappa shape index (κ2) is 6.90. The summed E-state index contributed by atoms with van der Waals surface area (Å²) in [6.07, 6.45) is 8.93. The lowest BCUT2D eigenvalue weighted by Gasteiger charge is -2.18. The average Bonchev–Trinajstić information content (AvgIpc) is 2.82.